The summed E-state index contributed by atoms with van der Waals surface area (Å²) in [7, 11) is 1.50. The number of amides is 2. The maximum atomic E-state index is 12.9. The number of carbonyl (C=O) groups excluding carboxylic acids is 1. The average Bonchev–Trinajstić information content (AvgIpc) is 3.11. The molecule has 3 aromatic heterocycles. The lowest BCUT2D eigenvalue weighted by atomic mass is 10.2. The lowest BCUT2D eigenvalue weighted by Crippen LogP contribution is -2.54. The molecule has 4 rings (SSSR count). The van der Waals surface area contributed by atoms with Crippen LogP contribution in [0.2, 0.25) is 0 Å². The highest BCUT2D eigenvalue weighted by Crippen LogP contribution is 2.24. The van der Waals surface area contributed by atoms with Gasteiger partial charge in [-0.25, -0.2) is 9.78 Å². The average molecular weight is 439 g/mol. The van der Waals surface area contributed by atoms with E-state index < -0.39 is 6.09 Å². The number of rotatable bonds is 4. The van der Waals surface area contributed by atoms with Crippen molar-refractivity contribution < 1.29 is 19.4 Å². The van der Waals surface area contributed by atoms with E-state index in [9.17, 15) is 14.7 Å². The molecule has 3 aromatic rings. The first-order valence-electron chi connectivity index (χ1n) is 10.2. The summed E-state index contributed by atoms with van der Waals surface area (Å²) in [5.74, 6) is 1.03. The van der Waals surface area contributed by atoms with Gasteiger partial charge in [-0.15, -0.1) is 10.2 Å². The number of methoxy groups -OCH3 is 1. The molecule has 0 aromatic carbocycles. The zero-order valence-electron chi connectivity index (χ0n) is 18.4. The number of imidazole rings is 1. The second-order valence-corrected chi connectivity index (χ2v) is 7.86. The van der Waals surface area contributed by atoms with Crippen molar-refractivity contribution in [3.8, 4) is 5.75 Å². The summed E-state index contributed by atoms with van der Waals surface area (Å²) < 4.78 is 7.15. The highest BCUT2D eigenvalue weighted by Gasteiger charge is 2.28. The van der Waals surface area contributed by atoms with Crippen molar-refractivity contribution in [2.24, 2.45) is 0 Å². The van der Waals surface area contributed by atoms with Crippen molar-refractivity contribution in [3.63, 3.8) is 0 Å². The van der Waals surface area contributed by atoms with Gasteiger partial charge in [-0.2, -0.15) is 0 Å². The molecule has 0 saturated carbocycles. The van der Waals surface area contributed by atoms with Crippen LogP contribution < -0.4 is 15.0 Å². The topological polar surface area (TPSA) is 125 Å². The molecule has 1 saturated heterocycles. The van der Waals surface area contributed by atoms with Gasteiger partial charge in [-0.05, 0) is 32.4 Å². The van der Waals surface area contributed by atoms with Crippen LogP contribution in [-0.4, -0.2) is 74.4 Å². The predicted octanol–water partition coefficient (Wildman–Crippen LogP) is 2.19. The molecule has 11 nitrogen and oxygen atoms in total. The number of carboxylic acid groups (broad SMARTS) is 1. The van der Waals surface area contributed by atoms with E-state index in [1.54, 1.807) is 22.7 Å². The number of hydrogen-bond acceptors (Lipinski definition) is 7. The molecule has 1 atom stereocenters. The normalized spacial score (nSPS) is 16.3. The molecule has 0 bridgehead atoms. The van der Waals surface area contributed by atoms with Gasteiger partial charge in [0.05, 0.1) is 18.4 Å². The fourth-order valence-corrected chi connectivity index (χ4v) is 3.95. The Kier molecular flexibility index (Phi) is 5.56. The third-order valence-electron chi connectivity index (χ3n) is 5.51. The molecule has 11 heteroatoms. The Morgan fingerprint density at radius 3 is 2.62 bits per heavy atom. The summed E-state index contributed by atoms with van der Waals surface area (Å²) in [5.41, 5.74) is 2.70. The van der Waals surface area contributed by atoms with Crippen molar-refractivity contribution in [2.45, 2.75) is 26.8 Å². The van der Waals surface area contributed by atoms with Crippen molar-refractivity contribution >= 4 is 29.3 Å². The van der Waals surface area contributed by atoms with Gasteiger partial charge in [0.1, 0.15) is 11.4 Å². The molecule has 4 heterocycles. The standard InChI is InChI=1S/C21H25N7O4/c1-12-7-17(24-25-19(12)26-5-6-28(21(30)31)14(3)10-26)23-20(29)15-11-27-9-13(2)22-18(27)8-16(15)32-4/h7-9,11,14H,5-6,10H2,1-4H3,(H,30,31)(H,23,24,29)/t14-/m0/s1. The Bertz CT molecular complexity index is 1190. The Morgan fingerprint density at radius 2 is 1.97 bits per heavy atom. The van der Waals surface area contributed by atoms with Gasteiger partial charge in [0.2, 0.25) is 0 Å². The number of ether oxygens (including phenoxy) is 1. The monoisotopic (exact) mass is 439 g/mol. The lowest BCUT2D eigenvalue weighted by molar-refractivity contribution is 0.102. The lowest BCUT2D eigenvalue weighted by Gasteiger charge is -2.39. The fourth-order valence-electron chi connectivity index (χ4n) is 3.95. The minimum atomic E-state index is -0.919. The molecule has 1 fully saturated rings. The van der Waals surface area contributed by atoms with E-state index in [2.05, 4.69) is 20.5 Å². The van der Waals surface area contributed by atoms with Crippen molar-refractivity contribution in [3.05, 3.63) is 41.3 Å². The van der Waals surface area contributed by atoms with Crippen LogP contribution >= 0.6 is 0 Å². The molecule has 0 radical (unpaired) electrons. The van der Waals surface area contributed by atoms with Crippen LogP contribution in [0.4, 0.5) is 16.4 Å². The highest BCUT2D eigenvalue weighted by atomic mass is 16.5. The van der Waals surface area contributed by atoms with Gasteiger partial charge in [-0.1, -0.05) is 0 Å². The second kappa shape index (κ2) is 8.33. The molecule has 1 aliphatic rings. The van der Waals surface area contributed by atoms with Crippen LogP contribution in [-0.2, 0) is 0 Å². The smallest absolute Gasteiger partial charge is 0.407 e. The summed E-state index contributed by atoms with van der Waals surface area (Å²) in [6.45, 7) is 7.07. The summed E-state index contributed by atoms with van der Waals surface area (Å²) >= 11 is 0. The van der Waals surface area contributed by atoms with Crippen LogP contribution in [0, 0.1) is 13.8 Å². The minimum Gasteiger partial charge on any atom is -0.496 e. The number of aromatic nitrogens is 4. The number of carbonyl (C=O) groups is 2. The number of hydrogen-bond donors (Lipinski definition) is 2. The van der Waals surface area contributed by atoms with E-state index in [4.69, 9.17) is 4.74 Å². The summed E-state index contributed by atoms with van der Waals surface area (Å²) in [4.78, 5) is 32.0. The maximum absolute atomic E-state index is 12.9. The van der Waals surface area contributed by atoms with Gasteiger partial charge >= 0.3 is 6.09 Å². The maximum Gasteiger partial charge on any atom is 0.407 e. The van der Waals surface area contributed by atoms with Gasteiger partial charge in [0.15, 0.2) is 11.6 Å². The number of aryl methyl sites for hydroxylation is 2. The largest absolute Gasteiger partial charge is 0.496 e. The molecule has 0 aliphatic carbocycles. The molecular weight excluding hydrogens is 414 g/mol. The van der Waals surface area contributed by atoms with E-state index in [1.165, 1.54) is 12.0 Å². The van der Waals surface area contributed by atoms with E-state index in [1.807, 2.05) is 31.9 Å². The van der Waals surface area contributed by atoms with Crippen LogP contribution in [0.15, 0.2) is 24.5 Å². The third kappa shape index (κ3) is 4.01. The van der Waals surface area contributed by atoms with Crippen LogP contribution in [0.5, 0.6) is 5.75 Å². The Balaban J connectivity index is 1.52. The number of piperazine rings is 1. The molecule has 2 amide bonds. The minimum absolute atomic E-state index is 0.156. The van der Waals surface area contributed by atoms with Crippen LogP contribution in [0.3, 0.4) is 0 Å². The van der Waals surface area contributed by atoms with Crippen LogP contribution in [0.1, 0.15) is 28.5 Å². The quantitative estimate of drug-likeness (QED) is 0.634. The molecule has 168 valence electrons. The first-order chi connectivity index (χ1) is 15.3. The van der Waals surface area contributed by atoms with E-state index in [0.717, 1.165) is 11.3 Å². The van der Waals surface area contributed by atoms with Gasteiger partial charge in [0, 0.05) is 44.1 Å². The number of fused-ring (bicyclic) bond motifs is 1. The zero-order chi connectivity index (χ0) is 23.0. The van der Waals surface area contributed by atoms with Gasteiger partial charge < -0.3 is 29.4 Å². The first-order valence-corrected chi connectivity index (χ1v) is 10.2. The molecule has 0 spiro atoms. The zero-order valence-corrected chi connectivity index (χ0v) is 18.4. The van der Waals surface area contributed by atoms with E-state index >= 15 is 0 Å². The molecular formula is C21H25N7O4. The van der Waals surface area contributed by atoms with E-state index in [0.29, 0.717) is 48.2 Å². The SMILES string of the molecule is COc1cc2nc(C)cn2cc1C(=O)Nc1cc(C)c(N2CCN(C(=O)O)[C@@H](C)C2)nn1. The summed E-state index contributed by atoms with van der Waals surface area (Å²) in [6.07, 6.45) is 2.58. The Morgan fingerprint density at radius 1 is 1.19 bits per heavy atom. The second-order valence-electron chi connectivity index (χ2n) is 7.86. The Labute approximate surface area is 184 Å². The number of nitrogens with one attached hydrogen (secondary N) is 1. The number of pyridine rings is 1. The number of nitrogens with zero attached hydrogens (tertiary/aromatic N) is 6. The highest BCUT2D eigenvalue weighted by molar-refractivity contribution is 6.05. The summed E-state index contributed by atoms with van der Waals surface area (Å²) in [6, 6.07) is 3.30. The molecule has 32 heavy (non-hydrogen) atoms. The first kappa shape index (κ1) is 21.3. The number of anilines is 2. The third-order valence-corrected chi connectivity index (χ3v) is 5.51. The molecule has 0 unspecified atom stereocenters. The van der Waals surface area contributed by atoms with Crippen LogP contribution in [0.25, 0.3) is 5.65 Å². The fraction of sp³-hybridized carbons (Fsp3) is 0.381. The van der Waals surface area contributed by atoms with Gasteiger partial charge in [-0.3, -0.25) is 4.79 Å². The Hall–Kier alpha value is -3.89. The summed E-state index contributed by atoms with van der Waals surface area (Å²) in [5, 5.41) is 20.5. The molecule has 1 aliphatic heterocycles. The molecule has 2 N–H and O–H groups in total. The van der Waals surface area contributed by atoms with Crippen molar-refractivity contribution in [1.82, 2.24) is 24.5 Å². The van der Waals surface area contributed by atoms with Gasteiger partial charge in [0.25, 0.3) is 5.91 Å². The van der Waals surface area contributed by atoms with E-state index in [-0.39, 0.29) is 11.9 Å². The predicted molar refractivity (Wildman–Crippen MR) is 118 cm³/mol. The van der Waals surface area contributed by atoms with Crippen molar-refractivity contribution in [1.29, 1.82) is 0 Å². The van der Waals surface area contributed by atoms with Crippen molar-refractivity contribution in [2.75, 3.05) is 37.0 Å².